The number of carbonyl (C=O) groups is 1. The number of carbonyl (C=O) groups excluding carboxylic acids is 1. The third-order valence-electron chi connectivity index (χ3n) is 5.35. The molecule has 1 aliphatic heterocycles. The maximum atomic E-state index is 12.8. The number of rotatable bonds is 4. The predicted molar refractivity (Wildman–Crippen MR) is 112 cm³/mol. The Bertz CT molecular complexity index is 1170. The second-order valence-corrected chi connectivity index (χ2v) is 7.18. The number of imidazole rings is 1. The van der Waals surface area contributed by atoms with E-state index in [1.807, 2.05) is 53.4 Å². The quantitative estimate of drug-likeness (QED) is 0.553. The van der Waals surface area contributed by atoms with Gasteiger partial charge >= 0.3 is 6.03 Å². The molecule has 0 radical (unpaired) electrons. The van der Waals surface area contributed by atoms with E-state index in [0.29, 0.717) is 18.8 Å². The van der Waals surface area contributed by atoms with Crippen molar-refractivity contribution in [3.63, 3.8) is 0 Å². The number of hydrogen-bond donors (Lipinski definition) is 1. The molecule has 0 bridgehead atoms. The average Bonchev–Trinajstić information content (AvgIpc) is 3.52. The Morgan fingerprint density at radius 2 is 2.07 bits per heavy atom. The van der Waals surface area contributed by atoms with Crippen molar-refractivity contribution in [2.45, 2.75) is 12.5 Å². The van der Waals surface area contributed by atoms with Gasteiger partial charge in [0.1, 0.15) is 11.3 Å². The van der Waals surface area contributed by atoms with Crippen molar-refractivity contribution in [2.75, 3.05) is 25.5 Å². The molecule has 0 aliphatic carbocycles. The van der Waals surface area contributed by atoms with Crippen molar-refractivity contribution in [1.29, 1.82) is 0 Å². The van der Waals surface area contributed by atoms with E-state index < -0.39 is 0 Å². The first-order valence-electron chi connectivity index (χ1n) is 9.80. The van der Waals surface area contributed by atoms with E-state index in [9.17, 15) is 4.79 Å². The normalized spacial score (nSPS) is 16.2. The second-order valence-electron chi connectivity index (χ2n) is 7.18. The Morgan fingerprint density at radius 3 is 2.83 bits per heavy atom. The molecule has 4 heterocycles. The van der Waals surface area contributed by atoms with Crippen molar-refractivity contribution in [3.8, 4) is 17.3 Å². The van der Waals surface area contributed by atoms with Crippen LogP contribution in [0.3, 0.4) is 0 Å². The van der Waals surface area contributed by atoms with Crippen molar-refractivity contribution in [1.82, 2.24) is 19.4 Å². The largest absolute Gasteiger partial charge is 0.497 e. The summed E-state index contributed by atoms with van der Waals surface area (Å²) in [7, 11) is 1.61. The monoisotopic (exact) mass is 403 g/mol. The van der Waals surface area contributed by atoms with Crippen LogP contribution in [0.25, 0.3) is 22.7 Å². The molecule has 5 rings (SSSR count). The van der Waals surface area contributed by atoms with Crippen molar-refractivity contribution < 1.29 is 13.9 Å². The first-order valence-corrected chi connectivity index (χ1v) is 9.80. The maximum Gasteiger partial charge on any atom is 0.321 e. The zero-order valence-corrected chi connectivity index (χ0v) is 16.5. The van der Waals surface area contributed by atoms with Crippen LogP contribution in [0.2, 0.25) is 0 Å². The van der Waals surface area contributed by atoms with Crippen LogP contribution >= 0.6 is 0 Å². The highest BCUT2D eigenvalue weighted by molar-refractivity contribution is 5.89. The molecule has 152 valence electrons. The summed E-state index contributed by atoms with van der Waals surface area (Å²) in [4.78, 5) is 23.9. The van der Waals surface area contributed by atoms with Gasteiger partial charge in [0, 0.05) is 25.0 Å². The molecule has 1 atom stereocenters. The fourth-order valence-corrected chi connectivity index (χ4v) is 3.87. The molecule has 3 aromatic heterocycles. The Morgan fingerprint density at radius 1 is 1.20 bits per heavy atom. The fraction of sp³-hybridized carbons (Fsp3) is 0.227. The molecule has 8 nitrogen and oxygen atoms in total. The zero-order chi connectivity index (χ0) is 20.5. The number of ether oxygens (including phenoxy) is 1. The van der Waals surface area contributed by atoms with E-state index in [1.165, 1.54) is 0 Å². The van der Waals surface area contributed by atoms with Crippen LogP contribution in [0, 0.1) is 0 Å². The molecule has 2 amide bonds. The molecule has 30 heavy (non-hydrogen) atoms. The first kappa shape index (κ1) is 18.2. The lowest BCUT2D eigenvalue weighted by atomic mass is 10.2. The summed E-state index contributed by atoms with van der Waals surface area (Å²) in [5.41, 5.74) is 2.34. The standard InChI is InChI=1S/C22H21N5O3/c1-29-17-8-6-15(7-9-17)24-22(28)26-12-10-16(14-26)27-20-18(4-2-11-23-20)25-21(27)19-5-3-13-30-19/h2-9,11,13,16H,10,12,14H2,1H3,(H,24,28)/t16-/m1/s1. The van der Waals surface area contributed by atoms with Gasteiger partial charge in [-0.1, -0.05) is 0 Å². The lowest BCUT2D eigenvalue weighted by Gasteiger charge is -2.19. The van der Waals surface area contributed by atoms with Crippen LogP contribution in [0.1, 0.15) is 12.5 Å². The van der Waals surface area contributed by atoms with Crippen molar-refractivity contribution in [3.05, 3.63) is 61.0 Å². The molecule has 1 aromatic carbocycles. The highest BCUT2D eigenvalue weighted by Crippen LogP contribution is 2.32. The zero-order valence-electron chi connectivity index (χ0n) is 16.5. The van der Waals surface area contributed by atoms with Gasteiger partial charge in [-0.05, 0) is 55.0 Å². The Balaban J connectivity index is 1.38. The SMILES string of the molecule is COc1ccc(NC(=O)N2CC[C@@H](n3c(-c4ccco4)nc4cccnc43)C2)cc1. The van der Waals surface area contributed by atoms with Gasteiger partial charge in [-0.15, -0.1) is 0 Å². The van der Waals surface area contributed by atoms with Gasteiger partial charge in [-0.3, -0.25) is 0 Å². The molecular weight excluding hydrogens is 382 g/mol. The number of amides is 2. The number of nitrogens with one attached hydrogen (secondary N) is 1. The van der Waals surface area contributed by atoms with Gasteiger partial charge < -0.3 is 23.9 Å². The highest BCUT2D eigenvalue weighted by atomic mass is 16.5. The molecule has 1 fully saturated rings. The summed E-state index contributed by atoms with van der Waals surface area (Å²) < 4.78 is 12.9. The first-order chi connectivity index (χ1) is 14.7. The van der Waals surface area contributed by atoms with Gasteiger partial charge in [0.25, 0.3) is 0 Å². The highest BCUT2D eigenvalue weighted by Gasteiger charge is 2.31. The van der Waals surface area contributed by atoms with Gasteiger partial charge in [0.15, 0.2) is 17.2 Å². The smallest absolute Gasteiger partial charge is 0.321 e. The summed E-state index contributed by atoms with van der Waals surface area (Å²) in [5.74, 6) is 2.17. The summed E-state index contributed by atoms with van der Waals surface area (Å²) in [6.07, 6.45) is 4.21. The topological polar surface area (TPSA) is 85.4 Å². The predicted octanol–water partition coefficient (Wildman–Crippen LogP) is 4.18. The summed E-state index contributed by atoms with van der Waals surface area (Å²) >= 11 is 0. The van der Waals surface area contributed by atoms with Crippen molar-refractivity contribution >= 4 is 22.9 Å². The summed E-state index contributed by atoms with van der Waals surface area (Å²) in [6.45, 7) is 1.22. The van der Waals surface area contributed by atoms with Crippen LogP contribution in [-0.4, -0.2) is 45.7 Å². The van der Waals surface area contributed by atoms with Gasteiger partial charge in [0.2, 0.25) is 0 Å². The van der Waals surface area contributed by atoms with E-state index in [1.54, 1.807) is 19.6 Å². The van der Waals surface area contributed by atoms with Crippen LogP contribution in [0.15, 0.2) is 65.4 Å². The van der Waals surface area contributed by atoms with Crippen LogP contribution in [-0.2, 0) is 0 Å². The van der Waals surface area contributed by atoms with Gasteiger partial charge in [-0.25, -0.2) is 14.8 Å². The lowest BCUT2D eigenvalue weighted by Crippen LogP contribution is -2.33. The molecule has 4 aromatic rings. The molecule has 0 unspecified atom stereocenters. The Labute approximate surface area is 173 Å². The maximum absolute atomic E-state index is 12.8. The molecule has 0 saturated carbocycles. The van der Waals surface area contributed by atoms with E-state index in [2.05, 4.69) is 14.9 Å². The minimum absolute atomic E-state index is 0.0617. The minimum atomic E-state index is -0.125. The minimum Gasteiger partial charge on any atom is -0.497 e. The number of furan rings is 1. The molecule has 1 saturated heterocycles. The van der Waals surface area contributed by atoms with Crippen LogP contribution in [0.4, 0.5) is 10.5 Å². The van der Waals surface area contributed by atoms with E-state index >= 15 is 0 Å². The number of nitrogens with zero attached hydrogens (tertiary/aromatic N) is 4. The Hall–Kier alpha value is -3.81. The number of hydrogen-bond acceptors (Lipinski definition) is 5. The summed E-state index contributed by atoms with van der Waals surface area (Å²) in [6, 6.07) is 14.8. The molecular formula is C22H21N5O3. The average molecular weight is 403 g/mol. The number of aromatic nitrogens is 3. The molecule has 0 spiro atoms. The van der Waals surface area contributed by atoms with E-state index in [4.69, 9.17) is 14.1 Å². The number of pyridine rings is 1. The number of methoxy groups -OCH3 is 1. The lowest BCUT2D eigenvalue weighted by molar-refractivity contribution is 0.221. The summed E-state index contributed by atoms with van der Waals surface area (Å²) in [5, 5.41) is 2.95. The van der Waals surface area contributed by atoms with Gasteiger partial charge in [0.05, 0.1) is 19.4 Å². The molecule has 8 heteroatoms. The third kappa shape index (κ3) is 3.26. The van der Waals surface area contributed by atoms with Crippen LogP contribution < -0.4 is 10.1 Å². The van der Waals surface area contributed by atoms with E-state index in [-0.39, 0.29) is 12.1 Å². The van der Waals surface area contributed by atoms with E-state index in [0.717, 1.165) is 34.8 Å². The Kier molecular flexibility index (Phi) is 4.59. The van der Waals surface area contributed by atoms with Crippen molar-refractivity contribution in [2.24, 2.45) is 0 Å². The third-order valence-corrected chi connectivity index (χ3v) is 5.35. The number of anilines is 1. The number of fused-ring (bicyclic) bond motifs is 1. The van der Waals surface area contributed by atoms with Gasteiger partial charge in [-0.2, -0.15) is 0 Å². The van der Waals surface area contributed by atoms with Crippen LogP contribution in [0.5, 0.6) is 5.75 Å². The number of urea groups is 1. The number of likely N-dealkylation sites (tertiary alicyclic amines) is 1. The molecule has 1 N–H and O–H groups in total. The molecule has 1 aliphatic rings. The second kappa shape index (κ2) is 7.55. The fourth-order valence-electron chi connectivity index (χ4n) is 3.87. The number of benzene rings is 1.